The number of benzene rings is 13. The number of hydrogen-bond acceptors (Lipinski definition) is 4. The van der Waals surface area contributed by atoms with Gasteiger partial charge in [-0.15, -0.1) is 0 Å². The maximum absolute atomic E-state index is 2.52. The van der Waals surface area contributed by atoms with Crippen molar-refractivity contribution in [2.24, 2.45) is 0 Å². The highest BCUT2D eigenvalue weighted by Gasteiger charge is 2.45. The third kappa shape index (κ3) is 9.58. The summed E-state index contributed by atoms with van der Waals surface area (Å²) >= 11 is 0. The Labute approximate surface area is 499 Å². The maximum atomic E-state index is 2.52. The summed E-state index contributed by atoms with van der Waals surface area (Å²) in [6.07, 6.45) is 4.84. The average molecular weight is 1090 g/mol. The number of fused-ring (bicyclic) bond motifs is 6. The molecule has 0 aliphatic heterocycles. The minimum absolute atomic E-state index is 0.0357. The number of hydrogen-bond donors (Lipinski definition) is 0. The Kier molecular flexibility index (Phi) is 13.4. The second-order valence-corrected chi connectivity index (χ2v) is 22.5. The van der Waals surface area contributed by atoms with Crippen LogP contribution in [0.1, 0.15) is 36.8 Å². The second kappa shape index (κ2) is 22.2. The maximum Gasteiger partial charge on any atom is 0.0540 e. The van der Waals surface area contributed by atoms with Gasteiger partial charge in [-0.1, -0.05) is 201 Å². The van der Waals surface area contributed by atoms with Crippen molar-refractivity contribution in [1.82, 2.24) is 0 Å². The lowest BCUT2D eigenvalue weighted by Gasteiger charge is -2.31. The van der Waals surface area contributed by atoms with E-state index in [0.717, 1.165) is 84.9 Å². The highest BCUT2D eigenvalue weighted by molar-refractivity contribution is 5.99. The molecule has 0 bridgehead atoms. The van der Waals surface area contributed by atoms with Gasteiger partial charge in [-0.2, -0.15) is 0 Å². The van der Waals surface area contributed by atoms with Crippen LogP contribution >= 0.6 is 0 Å². The molecule has 0 heterocycles. The van der Waals surface area contributed by atoms with E-state index in [-0.39, 0.29) is 5.41 Å². The highest BCUT2D eigenvalue weighted by atomic mass is 15.2. The van der Waals surface area contributed by atoms with E-state index >= 15 is 0 Å². The molecule has 4 nitrogen and oxygen atoms in total. The van der Waals surface area contributed by atoms with Crippen LogP contribution in [0.2, 0.25) is 0 Å². The first-order valence-corrected chi connectivity index (χ1v) is 29.8. The fourth-order valence-corrected chi connectivity index (χ4v) is 13.5. The second-order valence-electron chi connectivity index (χ2n) is 22.5. The lowest BCUT2D eigenvalue weighted by molar-refractivity contribution is 0.550. The zero-order chi connectivity index (χ0) is 56.5. The Hall–Kier alpha value is -10.7. The smallest absolute Gasteiger partial charge is 0.0540 e. The summed E-state index contributed by atoms with van der Waals surface area (Å²) in [7, 11) is 0. The summed E-state index contributed by atoms with van der Waals surface area (Å²) in [5, 5.41) is 2.39. The van der Waals surface area contributed by atoms with Crippen LogP contribution in [0.5, 0.6) is 0 Å². The predicted molar refractivity (Wildman–Crippen MR) is 358 cm³/mol. The summed E-state index contributed by atoms with van der Waals surface area (Å²) < 4.78 is 0. The van der Waals surface area contributed by atoms with E-state index in [1.807, 2.05) is 0 Å². The highest BCUT2D eigenvalue weighted by Crippen LogP contribution is 2.58. The Bertz CT molecular complexity index is 4340. The van der Waals surface area contributed by atoms with Gasteiger partial charge in [-0.05, 0) is 202 Å². The minimum Gasteiger partial charge on any atom is -0.311 e. The number of rotatable bonds is 14. The first-order chi connectivity index (χ1) is 42.1. The quantitative estimate of drug-likeness (QED) is 0.108. The van der Waals surface area contributed by atoms with Crippen molar-refractivity contribution in [3.05, 3.63) is 339 Å². The fraction of sp³-hybridized carbons (Fsp3) is 0.0617. The van der Waals surface area contributed by atoms with E-state index < -0.39 is 0 Å². The van der Waals surface area contributed by atoms with Gasteiger partial charge in [-0.25, -0.2) is 0 Å². The molecule has 0 aromatic heterocycles. The molecule has 0 amide bonds. The van der Waals surface area contributed by atoms with Gasteiger partial charge in [0.1, 0.15) is 0 Å². The molecule has 13 aromatic carbocycles. The molecule has 1 saturated carbocycles. The third-order valence-corrected chi connectivity index (χ3v) is 17.6. The lowest BCUT2D eigenvalue weighted by atomic mass is 9.76. The van der Waals surface area contributed by atoms with Gasteiger partial charge in [-0.3, -0.25) is 0 Å². The van der Waals surface area contributed by atoms with Crippen molar-refractivity contribution in [2.45, 2.75) is 31.1 Å². The van der Waals surface area contributed by atoms with Crippen LogP contribution in [0.3, 0.4) is 0 Å². The Morgan fingerprint density at radius 1 is 0.224 bits per heavy atom. The molecule has 15 rings (SSSR count). The first kappa shape index (κ1) is 51.2. The molecule has 2 aliphatic rings. The number of para-hydroxylation sites is 4. The van der Waals surface area contributed by atoms with Crippen molar-refractivity contribution in [3.63, 3.8) is 0 Å². The van der Waals surface area contributed by atoms with Crippen LogP contribution in [0.15, 0.2) is 328 Å². The van der Waals surface area contributed by atoms with E-state index in [9.17, 15) is 0 Å². The summed E-state index contributed by atoms with van der Waals surface area (Å²) in [5.41, 5.74) is 23.7. The van der Waals surface area contributed by atoms with Crippen LogP contribution in [0.4, 0.5) is 68.2 Å². The molecule has 2 aliphatic carbocycles. The molecule has 406 valence electrons. The summed E-state index contributed by atoms with van der Waals surface area (Å²) in [4.78, 5) is 9.49. The first-order valence-electron chi connectivity index (χ1n) is 29.8. The van der Waals surface area contributed by atoms with E-state index in [0.29, 0.717) is 0 Å². The van der Waals surface area contributed by atoms with E-state index in [1.165, 1.54) is 64.3 Å². The lowest BCUT2D eigenvalue weighted by Crippen LogP contribution is -2.21. The minimum atomic E-state index is 0.0357. The zero-order valence-corrected chi connectivity index (χ0v) is 47.3. The number of anilines is 12. The largest absolute Gasteiger partial charge is 0.311 e. The topological polar surface area (TPSA) is 13.0 Å². The molecular formula is C81H62N4. The van der Waals surface area contributed by atoms with Crippen molar-refractivity contribution in [2.75, 3.05) is 19.6 Å². The molecule has 1 spiro atoms. The summed E-state index contributed by atoms with van der Waals surface area (Å²) in [6, 6.07) is 119. The van der Waals surface area contributed by atoms with Crippen LogP contribution in [-0.2, 0) is 5.41 Å². The molecule has 13 aromatic rings. The molecule has 0 atom stereocenters. The van der Waals surface area contributed by atoms with Gasteiger partial charge in [0.25, 0.3) is 0 Å². The molecular weight excluding hydrogens is 1030 g/mol. The van der Waals surface area contributed by atoms with Crippen LogP contribution < -0.4 is 19.6 Å². The van der Waals surface area contributed by atoms with Gasteiger partial charge < -0.3 is 19.6 Å². The summed E-state index contributed by atoms with van der Waals surface area (Å²) in [6.45, 7) is 0. The third-order valence-electron chi connectivity index (χ3n) is 17.6. The standard InChI is InChI=1S/C81H62N4/c1-5-22-64(23-6-1)82(65-24-7-2-8-25-65)68-42-34-59(35-43-68)61-38-46-70(47-39-61)84(74-54-55-77-76-31-15-16-32-78(76)81(79(77)58-74)56-17-18-57-81)71-50-52-73(53-51-71)85(80-33-19-21-63-20-13-14-30-75(63)80)72-48-40-62(41-49-72)60-36-44-69(45-37-60)83(66-26-9-3-10-27-66)67-28-11-4-12-29-67/h1-16,19-55,58H,17-18,56-57H2. The van der Waals surface area contributed by atoms with Crippen LogP contribution in [-0.4, -0.2) is 0 Å². The molecule has 0 N–H and O–H groups in total. The van der Waals surface area contributed by atoms with Gasteiger partial charge in [0.05, 0.1) is 5.69 Å². The Morgan fingerprint density at radius 2 is 0.541 bits per heavy atom. The Morgan fingerprint density at radius 3 is 0.988 bits per heavy atom. The van der Waals surface area contributed by atoms with Crippen molar-refractivity contribution in [1.29, 1.82) is 0 Å². The molecule has 0 radical (unpaired) electrons. The van der Waals surface area contributed by atoms with E-state index in [4.69, 9.17) is 0 Å². The zero-order valence-electron chi connectivity index (χ0n) is 47.3. The fourth-order valence-electron chi connectivity index (χ4n) is 13.5. The summed E-state index contributed by atoms with van der Waals surface area (Å²) in [5.74, 6) is 0. The number of nitrogens with zero attached hydrogens (tertiary/aromatic N) is 4. The van der Waals surface area contributed by atoms with Crippen molar-refractivity contribution in [3.8, 4) is 33.4 Å². The molecule has 0 unspecified atom stereocenters. The van der Waals surface area contributed by atoms with Crippen molar-refractivity contribution >= 4 is 79.0 Å². The van der Waals surface area contributed by atoms with Gasteiger partial charge >= 0.3 is 0 Å². The van der Waals surface area contributed by atoms with E-state index in [1.54, 1.807) is 0 Å². The van der Waals surface area contributed by atoms with Gasteiger partial charge in [0, 0.05) is 73.4 Å². The van der Waals surface area contributed by atoms with Gasteiger partial charge in [0.2, 0.25) is 0 Å². The molecule has 0 saturated heterocycles. The van der Waals surface area contributed by atoms with Crippen molar-refractivity contribution < 1.29 is 0 Å². The molecule has 1 fully saturated rings. The SMILES string of the molecule is c1ccc(N(c2ccccc2)c2ccc(-c3ccc(N(c4ccc(N(c5ccc(-c6ccc(N(c7ccccc7)c7ccccc7)cc6)cc5)c5cccc6ccccc56)cc4)c4ccc5c(c4)C4(CCCC4)c4ccccc4-5)cc3)cc2)cc1. The Balaban J connectivity index is 0.789. The normalized spacial score (nSPS) is 12.8. The van der Waals surface area contributed by atoms with E-state index in [2.05, 4.69) is 347 Å². The van der Waals surface area contributed by atoms with Crippen LogP contribution in [0.25, 0.3) is 44.2 Å². The van der Waals surface area contributed by atoms with Crippen LogP contribution in [0, 0.1) is 0 Å². The average Bonchev–Trinajstić information content (AvgIpc) is 1.81. The molecule has 4 heteroatoms. The molecule has 85 heavy (non-hydrogen) atoms. The monoisotopic (exact) mass is 1090 g/mol. The van der Waals surface area contributed by atoms with Gasteiger partial charge in [0.15, 0.2) is 0 Å². The predicted octanol–water partition coefficient (Wildman–Crippen LogP) is 22.9.